The maximum atomic E-state index is 12.4. The molecule has 0 saturated carbocycles. The Bertz CT molecular complexity index is 545. The van der Waals surface area contributed by atoms with Crippen molar-refractivity contribution < 1.29 is 23.8 Å². The Morgan fingerprint density at radius 1 is 0.957 bits per heavy atom. The summed E-state index contributed by atoms with van der Waals surface area (Å²) in [5, 5.41) is 0. The van der Waals surface area contributed by atoms with E-state index in [9.17, 15) is 9.59 Å². The van der Waals surface area contributed by atoms with Crippen molar-refractivity contribution in [1.29, 1.82) is 0 Å². The molecule has 0 radical (unpaired) electrons. The van der Waals surface area contributed by atoms with E-state index in [1.165, 1.54) is 16.9 Å². The van der Waals surface area contributed by atoms with Crippen LogP contribution in [0, 0.1) is 0 Å². The first-order valence-electron chi connectivity index (χ1n) is 7.21. The molecular formula is C16H22N2O5. The number of methoxy groups -OCH3 is 1. The number of benzene rings is 1. The molecular weight excluding hydrogens is 300 g/mol. The second-order valence-corrected chi connectivity index (χ2v) is 5.67. The minimum Gasteiger partial charge on any atom is -0.346 e. The fourth-order valence-corrected chi connectivity index (χ4v) is 2.35. The molecule has 7 heteroatoms. The number of hydrogen-bond donors (Lipinski definition) is 0. The zero-order chi connectivity index (χ0) is 17.2. The Labute approximate surface area is 135 Å². The third-order valence-electron chi connectivity index (χ3n) is 3.60. The maximum absolute atomic E-state index is 12.4. The molecule has 1 aromatic carbocycles. The molecule has 2 rings (SSSR count). The number of carbonyl (C=O) groups excluding carboxylic acids is 2. The second kappa shape index (κ2) is 6.66. The number of carbonyl (C=O) groups is 2. The highest BCUT2D eigenvalue weighted by atomic mass is 16.9. The molecule has 1 aromatic rings. The van der Waals surface area contributed by atoms with Crippen molar-refractivity contribution in [3.63, 3.8) is 0 Å². The summed E-state index contributed by atoms with van der Waals surface area (Å²) in [5.74, 6) is -2.31. The van der Waals surface area contributed by atoms with Gasteiger partial charge in [-0.3, -0.25) is 9.59 Å². The minimum atomic E-state index is -1.59. The predicted molar refractivity (Wildman–Crippen MR) is 82.3 cm³/mol. The van der Waals surface area contributed by atoms with Gasteiger partial charge < -0.3 is 24.0 Å². The first-order valence-corrected chi connectivity index (χ1v) is 7.21. The summed E-state index contributed by atoms with van der Waals surface area (Å²) in [6, 6.07) is 8.94. The van der Waals surface area contributed by atoms with Crippen LogP contribution < -0.4 is 0 Å². The van der Waals surface area contributed by atoms with Crippen LogP contribution in [-0.4, -0.2) is 69.1 Å². The highest BCUT2D eigenvalue weighted by Crippen LogP contribution is 2.39. The van der Waals surface area contributed by atoms with Gasteiger partial charge in [-0.25, -0.2) is 0 Å². The van der Waals surface area contributed by atoms with Gasteiger partial charge in [0.1, 0.15) is 0 Å². The quantitative estimate of drug-likeness (QED) is 0.803. The van der Waals surface area contributed by atoms with Gasteiger partial charge in [0.2, 0.25) is 0 Å². The summed E-state index contributed by atoms with van der Waals surface area (Å²) in [6.07, 6.45) is -2.17. The molecule has 0 aromatic heterocycles. The average Bonchev–Trinajstić information content (AvgIpc) is 2.95. The van der Waals surface area contributed by atoms with Crippen LogP contribution in [0.2, 0.25) is 0 Å². The van der Waals surface area contributed by atoms with Gasteiger partial charge in [-0.15, -0.1) is 0 Å². The number of rotatable bonds is 4. The lowest BCUT2D eigenvalue weighted by Gasteiger charge is -2.26. The molecule has 2 amide bonds. The Kier molecular flexibility index (Phi) is 5.03. The topological polar surface area (TPSA) is 68.3 Å². The standard InChI is InChI=1S/C16H22N2O5/c1-17(2)14(19)12-13(15(20)18(3)4)23-16(21-5,22-12)11-9-7-6-8-10-11/h6-10,12-13H,1-5H3/t12-,13-/m1/s1. The van der Waals surface area contributed by atoms with Gasteiger partial charge in [0, 0.05) is 40.9 Å². The van der Waals surface area contributed by atoms with Crippen LogP contribution in [-0.2, 0) is 29.8 Å². The Hall–Kier alpha value is -1.96. The van der Waals surface area contributed by atoms with Gasteiger partial charge in [0.25, 0.3) is 11.8 Å². The van der Waals surface area contributed by atoms with E-state index in [0.29, 0.717) is 5.56 Å². The highest BCUT2D eigenvalue weighted by Gasteiger charge is 2.56. The van der Waals surface area contributed by atoms with Gasteiger partial charge in [0.05, 0.1) is 0 Å². The summed E-state index contributed by atoms with van der Waals surface area (Å²) in [4.78, 5) is 27.5. The molecule has 0 aliphatic carbocycles. The number of likely N-dealkylation sites (N-methyl/N-ethyl adjacent to an activating group) is 2. The Morgan fingerprint density at radius 3 is 1.74 bits per heavy atom. The van der Waals surface area contributed by atoms with Crippen molar-refractivity contribution in [3.8, 4) is 0 Å². The number of ether oxygens (including phenoxy) is 3. The number of hydrogen-bond acceptors (Lipinski definition) is 5. The largest absolute Gasteiger partial charge is 0.346 e. The van der Waals surface area contributed by atoms with E-state index in [1.54, 1.807) is 52.5 Å². The van der Waals surface area contributed by atoms with E-state index in [0.717, 1.165) is 0 Å². The average molecular weight is 322 g/mol. The zero-order valence-corrected chi connectivity index (χ0v) is 14.0. The van der Waals surface area contributed by atoms with Gasteiger partial charge in [-0.2, -0.15) is 0 Å². The Balaban J connectivity index is 2.42. The molecule has 1 aliphatic heterocycles. The third kappa shape index (κ3) is 3.21. The second-order valence-electron chi connectivity index (χ2n) is 5.67. The molecule has 23 heavy (non-hydrogen) atoms. The molecule has 1 saturated heterocycles. The smallest absolute Gasteiger partial charge is 0.313 e. The zero-order valence-electron chi connectivity index (χ0n) is 14.0. The van der Waals surface area contributed by atoms with Crippen LogP contribution in [0.4, 0.5) is 0 Å². The van der Waals surface area contributed by atoms with Crippen molar-refractivity contribution in [2.75, 3.05) is 35.3 Å². The van der Waals surface area contributed by atoms with E-state index >= 15 is 0 Å². The summed E-state index contributed by atoms with van der Waals surface area (Å²) >= 11 is 0. The van der Waals surface area contributed by atoms with Crippen molar-refractivity contribution in [2.45, 2.75) is 18.2 Å². The molecule has 126 valence electrons. The lowest BCUT2D eigenvalue weighted by molar-refractivity contribution is -0.340. The van der Waals surface area contributed by atoms with Gasteiger partial charge in [0.15, 0.2) is 12.2 Å². The molecule has 1 heterocycles. The SMILES string of the molecule is COC1(c2ccccc2)O[C@@H](C(=O)N(C)C)[C@H](C(=O)N(C)C)O1. The summed E-state index contributed by atoms with van der Waals surface area (Å²) in [7, 11) is 7.79. The van der Waals surface area contributed by atoms with Crippen LogP contribution in [0.15, 0.2) is 30.3 Å². The van der Waals surface area contributed by atoms with E-state index in [2.05, 4.69) is 0 Å². The summed E-state index contributed by atoms with van der Waals surface area (Å²) in [6.45, 7) is 0. The molecule has 1 fully saturated rings. The monoisotopic (exact) mass is 322 g/mol. The summed E-state index contributed by atoms with van der Waals surface area (Å²) in [5.41, 5.74) is 0.577. The first-order chi connectivity index (χ1) is 10.8. The molecule has 7 nitrogen and oxygen atoms in total. The molecule has 0 N–H and O–H groups in total. The molecule has 1 aliphatic rings. The maximum Gasteiger partial charge on any atom is 0.313 e. The van der Waals surface area contributed by atoms with Gasteiger partial charge in [-0.1, -0.05) is 30.3 Å². The third-order valence-corrected chi connectivity index (χ3v) is 3.60. The number of nitrogens with zero attached hydrogens (tertiary/aromatic N) is 2. The summed E-state index contributed by atoms with van der Waals surface area (Å²) < 4.78 is 17.0. The first kappa shape index (κ1) is 17.4. The normalized spacial score (nSPS) is 22.7. The van der Waals surface area contributed by atoms with Crippen LogP contribution in [0.1, 0.15) is 5.56 Å². The fourth-order valence-electron chi connectivity index (χ4n) is 2.35. The van der Waals surface area contributed by atoms with Crippen LogP contribution >= 0.6 is 0 Å². The van der Waals surface area contributed by atoms with Gasteiger partial charge >= 0.3 is 5.97 Å². The highest BCUT2D eigenvalue weighted by molar-refractivity contribution is 5.91. The lowest BCUT2D eigenvalue weighted by Crippen LogP contribution is -2.47. The predicted octanol–water partition coefficient (Wildman–Crippen LogP) is 0.404. The van der Waals surface area contributed by atoms with E-state index in [1.807, 2.05) is 6.07 Å². The minimum absolute atomic E-state index is 0.361. The fraction of sp³-hybridized carbons (Fsp3) is 0.500. The van der Waals surface area contributed by atoms with Crippen molar-refractivity contribution in [3.05, 3.63) is 35.9 Å². The molecule has 0 spiro atoms. The Morgan fingerprint density at radius 2 is 1.39 bits per heavy atom. The van der Waals surface area contributed by atoms with E-state index in [4.69, 9.17) is 14.2 Å². The lowest BCUT2D eigenvalue weighted by atomic mass is 10.1. The molecule has 0 unspecified atom stereocenters. The van der Waals surface area contributed by atoms with Crippen LogP contribution in [0.5, 0.6) is 0 Å². The van der Waals surface area contributed by atoms with Gasteiger partial charge in [-0.05, 0) is 0 Å². The van der Waals surface area contributed by atoms with E-state index in [-0.39, 0.29) is 11.8 Å². The van der Waals surface area contributed by atoms with E-state index < -0.39 is 18.2 Å². The van der Waals surface area contributed by atoms with Crippen molar-refractivity contribution in [2.24, 2.45) is 0 Å². The number of amides is 2. The van der Waals surface area contributed by atoms with Crippen LogP contribution in [0.3, 0.4) is 0 Å². The van der Waals surface area contributed by atoms with Crippen molar-refractivity contribution >= 4 is 11.8 Å². The van der Waals surface area contributed by atoms with Crippen molar-refractivity contribution in [1.82, 2.24) is 9.80 Å². The van der Waals surface area contributed by atoms with Crippen LogP contribution in [0.25, 0.3) is 0 Å². The molecule has 0 bridgehead atoms. The molecule has 2 atom stereocenters.